The standard InChI is InChI=1S/C13H21BO4/c1-4-5-6-7-10-8-11(17-2)13(14(15)16)12(9-10)18-3/h8-9,15-16H,4-7H2,1-3H3. The van der Waals surface area contributed by atoms with E-state index in [-0.39, 0.29) is 5.46 Å². The van der Waals surface area contributed by atoms with Gasteiger partial charge in [-0.1, -0.05) is 19.8 Å². The van der Waals surface area contributed by atoms with Gasteiger partial charge in [0, 0.05) is 0 Å². The van der Waals surface area contributed by atoms with Gasteiger partial charge in [-0.15, -0.1) is 0 Å². The van der Waals surface area contributed by atoms with Crippen LogP contribution in [-0.4, -0.2) is 31.4 Å². The van der Waals surface area contributed by atoms with Crippen molar-refractivity contribution in [1.82, 2.24) is 0 Å². The third-order valence-corrected chi connectivity index (χ3v) is 2.93. The monoisotopic (exact) mass is 252 g/mol. The van der Waals surface area contributed by atoms with Gasteiger partial charge in [-0.25, -0.2) is 0 Å². The molecule has 2 N–H and O–H groups in total. The summed E-state index contributed by atoms with van der Waals surface area (Å²) in [6.45, 7) is 2.16. The summed E-state index contributed by atoms with van der Waals surface area (Å²) >= 11 is 0. The van der Waals surface area contributed by atoms with E-state index in [9.17, 15) is 10.0 Å². The van der Waals surface area contributed by atoms with Gasteiger partial charge in [-0.2, -0.15) is 0 Å². The molecule has 0 atom stereocenters. The maximum Gasteiger partial charge on any atom is 0.496 e. The second kappa shape index (κ2) is 7.29. The van der Waals surface area contributed by atoms with Crippen molar-refractivity contribution in [2.24, 2.45) is 0 Å². The number of hydrogen-bond acceptors (Lipinski definition) is 4. The van der Waals surface area contributed by atoms with Crippen molar-refractivity contribution >= 4 is 12.6 Å². The minimum Gasteiger partial charge on any atom is -0.497 e. The summed E-state index contributed by atoms with van der Waals surface area (Å²) in [7, 11) is 1.42. The maximum absolute atomic E-state index is 9.35. The zero-order valence-electron chi connectivity index (χ0n) is 11.3. The molecule has 1 aromatic carbocycles. The smallest absolute Gasteiger partial charge is 0.496 e. The Morgan fingerprint density at radius 1 is 1.06 bits per heavy atom. The van der Waals surface area contributed by atoms with Crippen molar-refractivity contribution in [3.63, 3.8) is 0 Å². The summed E-state index contributed by atoms with van der Waals surface area (Å²) in [5.41, 5.74) is 1.36. The zero-order valence-corrected chi connectivity index (χ0v) is 11.3. The predicted octanol–water partition coefficient (Wildman–Crippen LogP) is 1.12. The number of benzene rings is 1. The van der Waals surface area contributed by atoms with Gasteiger partial charge in [0.05, 0.1) is 19.7 Å². The first-order valence-electron chi connectivity index (χ1n) is 6.25. The molecule has 0 amide bonds. The topological polar surface area (TPSA) is 58.9 Å². The molecule has 0 heterocycles. The zero-order chi connectivity index (χ0) is 13.5. The molecule has 0 spiro atoms. The second-order valence-electron chi connectivity index (χ2n) is 4.24. The summed E-state index contributed by atoms with van der Waals surface area (Å²) < 4.78 is 10.4. The Morgan fingerprint density at radius 3 is 2.00 bits per heavy atom. The average molecular weight is 252 g/mol. The predicted molar refractivity (Wildman–Crippen MR) is 72.6 cm³/mol. The molecule has 1 rings (SSSR count). The molecular weight excluding hydrogens is 231 g/mol. The Balaban J connectivity index is 3.02. The Kier molecular flexibility index (Phi) is 6.02. The summed E-state index contributed by atoms with van der Waals surface area (Å²) in [4.78, 5) is 0. The lowest BCUT2D eigenvalue weighted by molar-refractivity contribution is 0.384. The fraction of sp³-hybridized carbons (Fsp3) is 0.538. The van der Waals surface area contributed by atoms with E-state index in [4.69, 9.17) is 9.47 Å². The van der Waals surface area contributed by atoms with Crippen LogP contribution in [0.1, 0.15) is 31.7 Å². The van der Waals surface area contributed by atoms with Gasteiger partial charge in [0.2, 0.25) is 0 Å². The summed E-state index contributed by atoms with van der Waals surface area (Å²) in [5.74, 6) is 0.909. The molecule has 0 saturated heterocycles. The van der Waals surface area contributed by atoms with Crippen LogP contribution in [0.15, 0.2) is 12.1 Å². The van der Waals surface area contributed by atoms with E-state index in [0.717, 1.165) is 18.4 Å². The van der Waals surface area contributed by atoms with Gasteiger partial charge in [-0.05, 0) is 30.5 Å². The lowest BCUT2D eigenvalue weighted by Crippen LogP contribution is -2.32. The highest BCUT2D eigenvalue weighted by molar-refractivity contribution is 6.61. The summed E-state index contributed by atoms with van der Waals surface area (Å²) in [5, 5.41) is 18.7. The number of hydrogen-bond donors (Lipinski definition) is 2. The molecule has 5 heteroatoms. The largest absolute Gasteiger partial charge is 0.497 e. The van der Waals surface area contributed by atoms with E-state index in [1.54, 1.807) is 0 Å². The average Bonchev–Trinajstić information content (AvgIpc) is 2.37. The number of unbranched alkanes of at least 4 members (excludes halogenated alkanes) is 2. The minimum absolute atomic E-state index is 0.277. The second-order valence-corrected chi connectivity index (χ2v) is 4.24. The van der Waals surface area contributed by atoms with Crippen LogP contribution in [0.4, 0.5) is 0 Å². The molecule has 0 aliphatic heterocycles. The molecule has 0 aliphatic carbocycles. The molecule has 0 aliphatic rings. The van der Waals surface area contributed by atoms with Crippen LogP contribution < -0.4 is 14.9 Å². The van der Waals surface area contributed by atoms with E-state index < -0.39 is 7.12 Å². The molecular formula is C13H21BO4. The quantitative estimate of drug-likeness (QED) is 0.564. The van der Waals surface area contributed by atoms with Gasteiger partial charge in [0.15, 0.2) is 0 Å². The van der Waals surface area contributed by atoms with Crippen LogP contribution in [0, 0.1) is 0 Å². The minimum atomic E-state index is -1.60. The van der Waals surface area contributed by atoms with Crippen molar-refractivity contribution in [3.8, 4) is 11.5 Å². The molecule has 0 fully saturated rings. The Labute approximate surface area is 109 Å². The lowest BCUT2D eigenvalue weighted by atomic mass is 9.78. The van der Waals surface area contributed by atoms with Crippen LogP contribution in [0.5, 0.6) is 11.5 Å². The van der Waals surface area contributed by atoms with Crippen LogP contribution in [-0.2, 0) is 6.42 Å². The third kappa shape index (κ3) is 3.65. The van der Waals surface area contributed by atoms with Crippen molar-refractivity contribution in [1.29, 1.82) is 0 Å². The van der Waals surface area contributed by atoms with E-state index in [1.807, 2.05) is 12.1 Å². The van der Waals surface area contributed by atoms with Crippen molar-refractivity contribution in [2.75, 3.05) is 14.2 Å². The van der Waals surface area contributed by atoms with E-state index in [0.29, 0.717) is 11.5 Å². The molecule has 100 valence electrons. The molecule has 18 heavy (non-hydrogen) atoms. The van der Waals surface area contributed by atoms with Crippen LogP contribution in [0.3, 0.4) is 0 Å². The van der Waals surface area contributed by atoms with Gasteiger partial charge in [0.1, 0.15) is 11.5 Å². The van der Waals surface area contributed by atoms with Crippen LogP contribution >= 0.6 is 0 Å². The van der Waals surface area contributed by atoms with Crippen molar-refractivity contribution in [2.45, 2.75) is 32.6 Å². The van der Waals surface area contributed by atoms with Gasteiger partial charge >= 0.3 is 7.12 Å². The highest BCUT2D eigenvalue weighted by atomic mass is 16.5. The molecule has 0 unspecified atom stereocenters. The van der Waals surface area contributed by atoms with Crippen molar-refractivity contribution in [3.05, 3.63) is 17.7 Å². The fourth-order valence-electron chi connectivity index (χ4n) is 1.97. The highest BCUT2D eigenvalue weighted by Crippen LogP contribution is 2.22. The first-order valence-corrected chi connectivity index (χ1v) is 6.25. The number of aryl methyl sites for hydroxylation is 1. The molecule has 1 aromatic rings. The molecule has 0 saturated carbocycles. The van der Waals surface area contributed by atoms with Gasteiger partial charge in [0.25, 0.3) is 0 Å². The Hall–Kier alpha value is -1.20. The molecule has 4 nitrogen and oxygen atoms in total. The van der Waals surface area contributed by atoms with Crippen LogP contribution in [0.2, 0.25) is 0 Å². The highest BCUT2D eigenvalue weighted by Gasteiger charge is 2.23. The maximum atomic E-state index is 9.35. The van der Waals surface area contributed by atoms with Gasteiger partial charge < -0.3 is 19.5 Å². The lowest BCUT2D eigenvalue weighted by Gasteiger charge is -2.14. The van der Waals surface area contributed by atoms with Gasteiger partial charge in [-0.3, -0.25) is 0 Å². The summed E-state index contributed by atoms with van der Waals surface area (Å²) in [6, 6.07) is 3.68. The number of ether oxygens (including phenoxy) is 2. The first kappa shape index (κ1) is 14.9. The number of rotatable bonds is 7. The SMILES string of the molecule is CCCCCc1cc(OC)c(B(O)O)c(OC)c1. The molecule has 0 radical (unpaired) electrons. The molecule has 0 aromatic heterocycles. The van der Waals surface area contributed by atoms with E-state index >= 15 is 0 Å². The fourth-order valence-corrected chi connectivity index (χ4v) is 1.97. The number of methoxy groups -OCH3 is 2. The van der Waals surface area contributed by atoms with E-state index in [2.05, 4.69) is 6.92 Å². The van der Waals surface area contributed by atoms with Crippen molar-refractivity contribution < 1.29 is 19.5 Å². The van der Waals surface area contributed by atoms with Crippen LogP contribution in [0.25, 0.3) is 0 Å². The molecule has 0 bridgehead atoms. The summed E-state index contributed by atoms with van der Waals surface area (Å²) in [6.07, 6.45) is 4.38. The normalized spacial score (nSPS) is 10.3. The Bertz CT molecular complexity index is 354. The van der Waals surface area contributed by atoms with E-state index in [1.165, 1.54) is 27.1 Å². The first-order chi connectivity index (χ1) is 8.63. The Morgan fingerprint density at radius 2 is 1.61 bits per heavy atom. The third-order valence-electron chi connectivity index (χ3n) is 2.93.